The summed E-state index contributed by atoms with van der Waals surface area (Å²) in [6.45, 7) is -0.154. The third kappa shape index (κ3) is 10.1. The molecule has 10 heteroatoms. The summed E-state index contributed by atoms with van der Waals surface area (Å²) in [5, 5.41) is 2.53. The zero-order valence-electron chi connectivity index (χ0n) is 18.2. The van der Waals surface area contributed by atoms with Crippen molar-refractivity contribution in [3.05, 3.63) is 71.8 Å². The van der Waals surface area contributed by atoms with Crippen molar-refractivity contribution in [2.75, 3.05) is 13.7 Å². The van der Waals surface area contributed by atoms with Crippen molar-refractivity contribution in [3.8, 4) is 0 Å². The summed E-state index contributed by atoms with van der Waals surface area (Å²) >= 11 is 0. The summed E-state index contributed by atoms with van der Waals surface area (Å²) in [7, 11) is 1.23. The zero-order valence-corrected chi connectivity index (χ0v) is 18.2. The van der Waals surface area contributed by atoms with Crippen LogP contribution in [-0.2, 0) is 36.9 Å². The van der Waals surface area contributed by atoms with Crippen LogP contribution >= 0.6 is 0 Å². The second-order valence-corrected chi connectivity index (χ2v) is 6.79. The molecule has 0 aliphatic carbocycles. The van der Waals surface area contributed by atoms with E-state index < -0.39 is 29.9 Å². The van der Waals surface area contributed by atoms with E-state index >= 15 is 0 Å². The summed E-state index contributed by atoms with van der Waals surface area (Å²) in [4.78, 5) is 51.5. The maximum absolute atomic E-state index is 12.6. The number of methoxy groups -OCH3 is 1. The fraction of sp³-hybridized carbons (Fsp3) is 0.261. The van der Waals surface area contributed by atoms with Crippen LogP contribution in [0.4, 0.5) is 4.79 Å². The Bertz CT molecular complexity index is 950. The Balaban J connectivity index is 1.89. The minimum absolute atomic E-state index is 0.0496. The number of benzene rings is 2. The predicted molar refractivity (Wildman–Crippen MR) is 120 cm³/mol. The Labute approximate surface area is 191 Å². The fourth-order valence-electron chi connectivity index (χ4n) is 2.59. The number of nitrogens with zero attached hydrogens (tertiary/aromatic N) is 1. The summed E-state index contributed by atoms with van der Waals surface area (Å²) in [6.07, 6.45) is 0.492. The largest absolute Gasteiger partial charge is 0.468 e. The van der Waals surface area contributed by atoms with Crippen LogP contribution in [0.25, 0.3) is 0 Å². The van der Waals surface area contributed by atoms with Crippen LogP contribution in [0.5, 0.6) is 0 Å². The normalized spacial score (nSPS) is 11.3. The molecule has 0 bridgehead atoms. The van der Waals surface area contributed by atoms with Gasteiger partial charge in [-0.25, -0.2) is 4.79 Å². The molecule has 0 fully saturated rings. The van der Waals surface area contributed by atoms with Gasteiger partial charge in [-0.2, -0.15) is 0 Å². The number of carbonyl (C=O) groups excluding carboxylic acids is 4. The maximum atomic E-state index is 12.6. The van der Waals surface area contributed by atoms with Gasteiger partial charge in [-0.3, -0.25) is 30.2 Å². The molecule has 1 atom stereocenters. The summed E-state index contributed by atoms with van der Waals surface area (Å²) < 4.78 is 9.62. The highest BCUT2D eigenvalue weighted by Crippen LogP contribution is 2.05. The zero-order chi connectivity index (χ0) is 23.9. The molecule has 10 nitrogen and oxygen atoms in total. The van der Waals surface area contributed by atoms with Crippen molar-refractivity contribution < 1.29 is 28.7 Å². The van der Waals surface area contributed by atoms with Crippen molar-refractivity contribution in [3.63, 3.8) is 0 Å². The summed E-state index contributed by atoms with van der Waals surface area (Å²) in [5.74, 6) is -1.72. The van der Waals surface area contributed by atoms with Crippen LogP contribution in [0.1, 0.15) is 17.5 Å². The minimum Gasteiger partial charge on any atom is -0.468 e. The van der Waals surface area contributed by atoms with Gasteiger partial charge in [0.1, 0.15) is 19.2 Å². The molecule has 0 spiro atoms. The first kappa shape index (κ1) is 25.1. The van der Waals surface area contributed by atoms with Crippen molar-refractivity contribution in [1.82, 2.24) is 16.2 Å². The Hall–Kier alpha value is -4.21. The third-order valence-corrected chi connectivity index (χ3v) is 4.28. The Kier molecular flexibility index (Phi) is 10.6. The lowest BCUT2D eigenvalue weighted by Gasteiger charge is -2.18. The van der Waals surface area contributed by atoms with Crippen molar-refractivity contribution in [2.45, 2.75) is 25.5 Å². The van der Waals surface area contributed by atoms with E-state index in [0.717, 1.165) is 11.1 Å². The molecule has 0 aromatic heterocycles. The molecule has 0 aliphatic rings. The SMILES string of the molecule is COC(=O)CN=CCC(=O)NNC(=O)[C@H](Cc1ccccc1)NC(=O)OCc1ccccc1. The van der Waals surface area contributed by atoms with E-state index in [2.05, 4.69) is 25.9 Å². The quantitative estimate of drug-likeness (QED) is 0.281. The molecule has 0 aliphatic heterocycles. The highest BCUT2D eigenvalue weighted by atomic mass is 16.5. The molecule has 0 heterocycles. The highest BCUT2D eigenvalue weighted by molar-refractivity contribution is 5.93. The fourth-order valence-corrected chi connectivity index (χ4v) is 2.59. The van der Waals surface area contributed by atoms with E-state index in [1.165, 1.54) is 13.3 Å². The van der Waals surface area contributed by atoms with Gasteiger partial charge in [-0.05, 0) is 11.1 Å². The maximum Gasteiger partial charge on any atom is 0.408 e. The van der Waals surface area contributed by atoms with E-state index in [0.29, 0.717) is 0 Å². The van der Waals surface area contributed by atoms with E-state index in [1.54, 1.807) is 0 Å². The number of hydrazine groups is 1. The predicted octanol–water partition coefficient (Wildman–Crippen LogP) is 1.31. The van der Waals surface area contributed by atoms with E-state index in [-0.39, 0.29) is 26.0 Å². The Morgan fingerprint density at radius 3 is 2.21 bits per heavy atom. The van der Waals surface area contributed by atoms with Crippen LogP contribution < -0.4 is 16.2 Å². The van der Waals surface area contributed by atoms with Crippen molar-refractivity contribution >= 4 is 30.1 Å². The number of rotatable bonds is 10. The second-order valence-electron chi connectivity index (χ2n) is 6.79. The van der Waals surface area contributed by atoms with E-state index in [1.807, 2.05) is 60.7 Å². The number of carbonyl (C=O) groups is 4. The third-order valence-electron chi connectivity index (χ3n) is 4.28. The van der Waals surface area contributed by atoms with Gasteiger partial charge in [-0.1, -0.05) is 60.7 Å². The number of hydrogen-bond donors (Lipinski definition) is 3. The Morgan fingerprint density at radius 2 is 1.58 bits per heavy atom. The van der Waals surface area contributed by atoms with Crippen molar-refractivity contribution in [2.24, 2.45) is 4.99 Å². The first-order valence-electron chi connectivity index (χ1n) is 10.1. The van der Waals surface area contributed by atoms with Gasteiger partial charge in [-0.15, -0.1) is 0 Å². The molecule has 174 valence electrons. The minimum atomic E-state index is -0.996. The van der Waals surface area contributed by atoms with Gasteiger partial charge in [0, 0.05) is 12.6 Å². The molecule has 33 heavy (non-hydrogen) atoms. The van der Waals surface area contributed by atoms with E-state index in [4.69, 9.17) is 4.74 Å². The molecule has 2 aromatic rings. The van der Waals surface area contributed by atoms with E-state index in [9.17, 15) is 19.2 Å². The molecule has 0 unspecified atom stereocenters. The average molecular weight is 454 g/mol. The molecule has 2 rings (SSSR count). The van der Waals surface area contributed by atoms with Crippen molar-refractivity contribution in [1.29, 1.82) is 0 Å². The standard InChI is InChI=1S/C23H26N4O6/c1-32-21(29)15-24-13-12-20(28)26-27-22(30)19(14-17-8-4-2-5-9-17)25-23(31)33-16-18-10-6-3-7-11-18/h2-11,13,19H,12,14-16H2,1H3,(H,25,31)(H,26,28)(H,27,30)/t19-/m0/s1. The van der Waals surface area contributed by atoms with Gasteiger partial charge in [0.05, 0.1) is 13.5 Å². The Morgan fingerprint density at radius 1 is 0.939 bits per heavy atom. The summed E-state index contributed by atoms with van der Waals surface area (Å²) in [6, 6.07) is 17.2. The molecule has 0 radical (unpaired) electrons. The first-order valence-corrected chi connectivity index (χ1v) is 10.1. The van der Waals surface area contributed by atoms with Gasteiger partial charge in [0.15, 0.2) is 0 Å². The molecule has 2 aromatic carbocycles. The number of esters is 1. The number of nitrogens with one attached hydrogen (secondary N) is 3. The lowest BCUT2D eigenvalue weighted by atomic mass is 10.1. The van der Waals surface area contributed by atoms with Gasteiger partial charge in [0.2, 0.25) is 5.91 Å². The molecular formula is C23H26N4O6. The number of aliphatic imine (C=N–C) groups is 1. The summed E-state index contributed by atoms with van der Waals surface area (Å²) in [5.41, 5.74) is 6.14. The second kappa shape index (κ2) is 14.0. The molecule has 0 saturated carbocycles. The number of amides is 3. The van der Waals surface area contributed by atoms with Crippen LogP contribution in [0, 0.1) is 0 Å². The highest BCUT2D eigenvalue weighted by Gasteiger charge is 2.22. The van der Waals surface area contributed by atoms with Gasteiger partial charge < -0.3 is 14.8 Å². The molecule has 0 saturated heterocycles. The number of hydrogen-bond acceptors (Lipinski definition) is 7. The first-order chi connectivity index (χ1) is 16.0. The smallest absolute Gasteiger partial charge is 0.408 e. The average Bonchev–Trinajstić information content (AvgIpc) is 2.84. The van der Waals surface area contributed by atoms with Crippen LogP contribution in [0.15, 0.2) is 65.7 Å². The monoisotopic (exact) mass is 454 g/mol. The lowest BCUT2D eigenvalue weighted by molar-refractivity contribution is -0.138. The van der Waals surface area contributed by atoms with Gasteiger partial charge in [0.25, 0.3) is 5.91 Å². The number of alkyl carbamates (subject to hydrolysis) is 1. The number of ether oxygens (including phenoxy) is 2. The van der Waals surface area contributed by atoms with Crippen LogP contribution in [0.2, 0.25) is 0 Å². The topological polar surface area (TPSA) is 135 Å². The lowest BCUT2D eigenvalue weighted by Crippen LogP contribution is -2.53. The van der Waals surface area contributed by atoms with Crippen LogP contribution in [-0.4, -0.2) is 49.8 Å². The molecule has 3 amide bonds. The van der Waals surface area contributed by atoms with Crippen LogP contribution in [0.3, 0.4) is 0 Å². The molecule has 3 N–H and O–H groups in total. The van der Waals surface area contributed by atoms with Gasteiger partial charge >= 0.3 is 12.1 Å². The molecular weight excluding hydrogens is 428 g/mol.